The molecule has 0 bridgehead atoms. The van der Waals surface area contributed by atoms with E-state index in [0.29, 0.717) is 0 Å². The van der Waals surface area contributed by atoms with Gasteiger partial charge in [-0.25, -0.2) is 4.39 Å². The standard InChI is InChI=1S/C16H24FN3/c1-18-12-13-6-7-15(13)19-8-10-20(11-9-19)16-5-3-2-4-14(16)17/h2-5,13,15,18H,6-12H2,1H3. The first-order valence-corrected chi connectivity index (χ1v) is 7.67. The number of anilines is 1. The number of benzene rings is 1. The summed E-state index contributed by atoms with van der Waals surface area (Å²) in [6.07, 6.45) is 2.67. The lowest BCUT2D eigenvalue weighted by Gasteiger charge is -2.48. The van der Waals surface area contributed by atoms with Crippen LogP contribution in [-0.2, 0) is 0 Å². The number of nitrogens with zero attached hydrogens (tertiary/aromatic N) is 2. The van der Waals surface area contributed by atoms with Crippen LogP contribution in [0.4, 0.5) is 10.1 Å². The van der Waals surface area contributed by atoms with Crippen LogP contribution in [0.5, 0.6) is 0 Å². The molecule has 1 aliphatic carbocycles. The van der Waals surface area contributed by atoms with Crippen molar-refractivity contribution in [2.45, 2.75) is 18.9 Å². The molecular weight excluding hydrogens is 253 g/mol. The van der Waals surface area contributed by atoms with Crippen molar-refractivity contribution in [3.63, 3.8) is 0 Å². The summed E-state index contributed by atoms with van der Waals surface area (Å²) in [4.78, 5) is 4.78. The minimum atomic E-state index is -0.0994. The second-order valence-corrected chi connectivity index (χ2v) is 5.94. The fraction of sp³-hybridized carbons (Fsp3) is 0.625. The molecule has 1 N–H and O–H groups in total. The fourth-order valence-electron chi connectivity index (χ4n) is 3.54. The molecule has 3 nitrogen and oxygen atoms in total. The van der Waals surface area contributed by atoms with Crippen LogP contribution in [0.3, 0.4) is 0 Å². The van der Waals surface area contributed by atoms with E-state index in [4.69, 9.17) is 0 Å². The number of hydrogen-bond donors (Lipinski definition) is 1. The van der Waals surface area contributed by atoms with E-state index in [-0.39, 0.29) is 5.82 Å². The van der Waals surface area contributed by atoms with Gasteiger partial charge >= 0.3 is 0 Å². The largest absolute Gasteiger partial charge is 0.367 e. The van der Waals surface area contributed by atoms with Crippen molar-refractivity contribution in [2.24, 2.45) is 5.92 Å². The summed E-state index contributed by atoms with van der Waals surface area (Å²) in [5.74, 6) is 0.706. The van der Waals surface area contributed by atoms with Crippen LogP contribution in [0.25, 0.3) is 0 Å². The molecule has 1 heterocycles. The topological polar surface area (TPSA) is 18.5 Å². The second kappa shape index (κ2) is 6.10. The molecule has 0 radical (unpaired) electrons. The maximum absolute atomic E-state index is 13.8. The number of rotatable bonds is 4. The second-order valence-electron chi connectivity index (χ2n) is 5.94. The van der Waals surface area contributed by atoms with Gasteiger partial charge in [-0.1, -0.05) is 12.1 Å². The van der Waals surface area contributed by atoms with E-state index >= 15 is 0 Å². The third-order valence-electron chi connectivity index (χ3n) is 4.82. The zero-order valence-corrected chi connectivity index (χ0v) is 12.2. The average molecular weight is 277 g/mol. The number of nitrogens with one attached hydrogen (secondary N) is 1. The van der Waals surface area contributed by atoms with E-state index in [2.05, 4.69) is 15.1 Å². The Morgan fingerprint density at radius 2 is 1.90 bits per heavy atom. The monoisotopic (exact) mass is 277 g/mol. The number of halogens is 1. The Balaban J connectivity index is 1.56. The first kappa shape index (κ1) is 13.8. The number of para-hydroxylation sites is 1. The maximum atomic E-state index is 13.8. The summed E-state index contributed by atoms with van der Waals surface area (Å²) < 4.78 is 13.8. The van der Waals surface area contributed by atoms with Gasteiger partial charge in [-0.05, 0) is 44.5 Å². The highest BCUT2D eigenvalue weighted by atomic mass is 19.1. The Labute approximate surface area is 120 Å². The van der Waals surface area contributed by atoms with Crippen molar-refractivity contribution in [3.05, 3.63) is 30.1 Å². The van der Waals surface area contributed by atoms with Crippen LogP contribution >= 0.6 is 0 Å². The number of piperazine rings is 1. The van der Waals surface area contributed by atoms with Crippen molar-refractivity contribution in [3.8, 4) is 0 Å². The highest BCUT2D eigenvalue weighted by molar-refractivity contribution is 5.48. The van der Waals surface area contributed by atoms with E-state index in [1.54, 1.807) is 12.1 Å². The SMILES string of the molecule is CNCC1CCC1N1CCN(c2ccccc2F)CC1. The summed E-state index contributed by atoms with van der Waals surface area (Å²) in [6, 6.07) is 7.85. The Hall–Kier alpha value is -1.13. The zero-order chi connectivity index (χ0) is 13.9. The molecule has 20 heavy (non-hydrogen) atoms. The Morgan fingerprint density at radius 1 is 1.15 bits per heavy atom. The van der Waals surface area contributed by atoms with Gasteiger partial charge in [0.1, 0.15) is 5.82 Å². The van der Waals surface area contributed by atoms with Gasteiger partial charge in [-0.2, -0.15) is 0 Å². The highest BCUT2D eigenvalue weighted by Gasteiger charge is 2.36. The van der Waals surface area contributed by atoms with Crippen LogP contribution < -0.4 is 10.2 Å². The van der Waals surface area contributed by atoms with Gasteiger partial charge in [0.25, 0.3) is 0 Å². The molecule has 2 aliphatic rings. The van der Waals surface area contributed by atoms with E-state index in [0.717, 1.165) is 50.4 Å². The Kier molecular flexibility index (Phi) is 4.22. The first-order chi connectivity index (χ1) is 9.79. The lowest BCUT2D eigenvalue weighted by Crippen LogP contribution is -2.57. The molecule has 1 aromatic rings. The number of hydrogen-bond acceptors (Lipinski definition) is 3. The summed E-state index contributed by atoms with van der Waals surface area (Å²) >= 11 is 0. The molecular formula is C16H24FN3. The molecule has 4 heteroatoms. The highest BCUT2D eigenvalue weighted by Crippen LogP contribution is 2.32. The predicted molar refractivity (Wildman–Crippen MR) is 80.6 cm³/mol. The smallest absolute Gasteiger partial charge is 0.146 e. The summed E-state index contributed by atoms with van der Waals surface area (Å²) in [7, 11) is 2.03. The van der Waals surface area contributed by atoms with Crippen molar-refractivity contribution < 1.29 is 4.39 Å². The Bertz CT molecular complexity index is 443. The Morgan fingerprint density at radius 3 is 2.50 bits per heavy atom. The summed E-state index contributed by atoms with van der Waals surface area (Å²) in [5, 5.41) is 3.29. The minimum absolute atomic E-state index is 0.0994. The first-order valence-electron chi connectivity index (χ1n) is 7.67. The van der Waals surface area contributed by atoms with Crippen LogP contribution in [0.2, 0.25) is 0 Å². The van der Waals surface area contributed by atoms with Crippen molar-refractivity contribution in [1.82, 2.24) is 10.2 Å². The van der Waals surface area contributed by atoms with Gasteiger partial charge < -0.3 is 10.2 Å². The molecule has 0 spiro atoms. The molecule has 2 fully saturated rings. The summed E-state index contributed by atoms with van der Waals surface area (Å²) in [5.41, 5.74) is 0.757. The van der Waals surface area contributed by atoms with Crippen LogP contribution in [0, 0.1) is 11.7 Å². The van der Waals surface area contributed by atoms with E-state index < -0.39 is 0 Å². The molecule has 2 unspecified atom stereocenters. The molecule has 110 valence electrons. The lowest BCUT2D eigenvalue weighted by molar-refractivity contribution is 0.0582. The maximum Gasteiger partial charge on any atom is 0.146 e. The van der Waals surface area contributed by atoms with Gasteiger partial charge in [0.15, 0.2) is 0 Å². The van der Waals surface area contributed by atoms with Crippen LogP contribution in [0.15, 0.2) is 24.3 Å². The molecule has 0 aromatic heterocycles. The molecule has 1 aliphatic heterocycles. The van der Waals surface area contributed by atoms with Gasteiger partial charge in [0.05, 0.1) is 5.69 Å². The van der Waals surface area contributed by atoms with Crippen molar-refractivity contribution in [1.29, 1.82) is 0 Å². The quantitative estimate of drug-likeness (QED) is 0.907. The average Bonchev–Trinajstić information content (AvgIpc) is 2.45. The minimum Gasteiger partial charge on any atom is -0.367 e. The fourth-order valence-corrected chi connectivity index (χ4v) is 3.54. The molecule has 1 saturated heterocycles. The van der Waals surface area contributed by atoms with Crippen molar-refractivity contribution >= 4 is 5.69 Å². The third kappa shape index (κ3) is 2.67. The van der Waals surface area contributed by atoms with Crippen LogP contribution in [0.1, 0.15) is 12.8 Å². The molecule has 2 atom stereocenters. The lowest BCUT2D eigenvalue weighted by atomic mass is 9.78. The molecule has 1 saturated carbocycles. The van der Waals surface area contributed by atoms with Gasteiger partial charge in [-0.15, -0.1) is 0 Å². The molecule has 1 aromatic carbocycles. The predicted octanol–water partition coefficient (Wildman–Crippen LogP) is 1.95. The van der Waals surface area contributed by atoms with E-state index in [1.807, 2.05) is 19.2 Å². The van der Waals surface area contributed by atoms with Gasteiger partial charge in [0.2, 0.25) is 0 Å². The third-order valence-corrected chi connectivity index (χ3v) is 4.82. The van der Waals surface area contributed by atoms with Gasteiger partial charge in [-0.3, -0.25) is 4.90 Å². The van der Waals surface area contributed by atoms with Gasteiger partial charge in [0, 0.05) is 32.2 Å². The normalized spacial score (nSPS) is 27.4. The summed E-state index contributed by atoms with van der Waals surface area (Å²) in [6.45, 7) is 5.10. The molecule has 3 rings (SSSR count). The van der Waals surface area contributed by atoms with E-state index in [1.165, 1.54) is 12.8 Å². The zero-order valence-electron chi connectivity index (χ0n) is 12.2. The van der Waals surface area contributed by atoms with E-state index in [9.17, 15) is 4.39 Å². The molecule has 0 amide bonds. The van der Waals surface area contributed by atoms with Crippen molar-refractivity contribution in [2.75, 3.05) is 44.7 Å². The van der Waals surface area contributed by atoms with Crippen LogP contribution in [-0.4, -0.2) is 50.7 Å².